The van der Waals surface area contributed by atoms with Crippen LogP contribution in [0.4, 0.5) is 5.69 Å². The van der Waals surface area contributed by atoms with Gasteiger partial charge in [-0.25, -0.2) is 8.42 Å². The molecule has 0 aliphatic carbocycles. The van der Waals surface area contributed by atoms with Crippen LogP contribution in [-0.2, 0) is 14.6 Å². The maximum atomic E-state index is 12.2. The number of hydrogen-bond donors (Lipinski definition) is 1. The summed E-state index contributed by atoms with van der Waals surface area (Å²) in [5.41, 5.74) is 2.24. The molecule has 0 spiro atoms. The molecule has 2 aromatic rings. The maximum Gasteiger partial charge on any atom is 0.225 e. The van der Waals surface area contributed by atoms with E-state index in [9.17, 15) is 18.0 Å². The van der Waals surface area contributed by atoms with Gasteiger partial charge in [0.2, 0.25) is 5.91 Å². The van der Waals surface area contributed by atoms with E-state index in [4.69, 9.17) is 0 Å². The largest absolute Gasteiger partial charge is 0.326 e. The summed E-state index contributed by atoms with van der Waals surface area (Å²) in [6.07, 6.45) is 1.50. The van der Waals surface area contributed by atoms with Gasteiger partial charge in [-0.05, 0) is 62.9 Å². The SMILES string of the molecule is CC(=O)c1ccc(NC(=O)CCN(C)C(C)c2ccc(S(C)(=O)=O)cc2)cc1. The highest BCUT2D eigenvalue weighted by atomic mass is 32.2. The number of hydrogen-bond acceptors (Lipinski definition) is 5. The van der Waals surface area contributed by atoms with Crippen molar-refractivity contribution in [2.45, 2.75) is 31.2 Å². The monoisotopic (exact) mass is 402 g/mol. The molecule has 2 rings (SSSR count). The van der Waals surface area contributed by atoms with Crippen LogP contribution in [-0.4, -0.2) is 44.9 Å². The van der Waals surface area contributed by atoms with Crippen LogP contribution in [0.25, 0.3) is 0 Å². The van der Waals surface area contributed by atoms with Gasteiger partial charge < -0.3 is 5.32 Å². The van der Waals surface area contributed by atoms with Gasteiger partial charge in [0.1, 0.15) is 0 Å². The molecule has 150 valence electrons. The second-order valence-electron chi connectivity index (χ2n) is 6.93. The Hall–Kier alpha value is -2.51. The van der Waals surface area contributed by atoms with Crippen molar-refractivity contribution >= 4 is 27.2 Å². The van der Waals surface area contributed by atoms with Crippen molar-refractivity contribution in [3.05, 3.63) is 59.7 Å². The van der Waals surface area contributed by atoms with E-state index in [-0.39, 0.29) is 17.7 Å². The first-order chi connectivity index (χ1) is 13.1. The summed E-state index contributed by atoms with van der Waals surface area (Å²) in [4.78, 5) is 25.8. The summed E-state index contributed by atoms with van der Waals surface area (Å²) in [6.45, 7) is 4.06. The number of rotatable bonds is 8. The molecular weight excluding hydrogens is 376 g/mol. The smallest absolute Gasteiger partial charge is 0.225 e. The molecule has 0 radical (unpaired) electrons. The quantitative estimate of drug-likeness (QED) is 0.685. The Kier molecular flexibility index (Phi) is 7.10. The molecule has 0 saturated heterocycles. The molecular formula is C21H26N2O4S. The van der Waals surface area contributed by atoms with Crippen molar-refractivity contribution in [2.24, 2.45) is 0 Å². The Morgan fingerprint density at radius 2 is 1.61 bits per heavy atom. The van der Waals surface area contributed by atoms with Crippen LogP contribution in [0.3, 0.4) is 0 Å². The predicted molar refractivity (Wildman–Crippen MR) is 110 cm³/mol. The van der Waals surface area contributed by atoms with Crippen LogP contribution >= 0.6 is 0 Å². The average molecular weight is 403 g/mol. The van der Waals surface area contributed by atoms with Gasteiger partial charge in [-0.1, -0.05) is 12.1 Å². The minimum absolute atomic E-state index is 0.0157. The van der Waals surface area contributed by atoms with Crippen LogP contribution in [0, 0.1) is 0 Å². The van der Waals surface area contributed by atoms with Crippen molar-refractivity contribution in [3.63, 3.8) is 0 Å². The van der Waals surface area contributed by atoms with Gasteiger partial charge in [0.05, 0.1) is 4.90 Å². The van der Waals surface area contributed by atoms with Gasteiger partial charge in [-0.2, -0.15) is 0 Å². The molecule has 7 heteroatoms. The first kappa shape index (κ1) is 21.8. The molecule has 0 aliphatic rings. The molecule has 0 heterocycles. The third-order valence-electron chi connectivity index (χ3n) is 4.72. The molecule has 0 fully saturated rings. The summed E-state index contributed by atoms with van der Waals surface area (Å²) in [7, 11) is -1.29. The molecule has 1 amide bonds. The molecule has 0 aromatic heterocycles. The fraction of sp³-hybridized carbons (Fsp3) is 0.333. The number of Topliss-reactive ketones (excluding diaryl/α,β-unsaturated/α-hetero) is 1. The molecule has 1 unspecified atom stereocenters. The number of sulfone groups is 1. The standard InChI is InChI=1S/C21H26N2O4S/c1-15(17-7-11-20(12-8-17)28(4,26)27)23(3)14-13-21(25)22-19-9-5-18(6-10-19)16(2)24/h5-12,15H,13-14H2,1-4H3,(H,22,25). The second kappa shape index (κ2) is 9.12. The Bertz CT molecular complexity index is 935. The van der Waals surface area contributed by atoms with Crippen LogP contribution < -0.4 is 5.32 Å². The van der Waals surface area contributed by atoms with Crippen LogP contribution in [0.1, 0.15) is 42.2 Å². The van der Waals surface area contributed by atoms with Crippen LogP contribution in [0.15, 0.2) is 53.4 Å². The van der Waals surface area contributed by atoms with Crippen molar-refractivity contribution < 1.29 is 18.0 Å². The van der Waals surface area contributed by atoms with E-state index in [1.54, 1.807) is 48.5 Å². The number of nitrogens with zero attached hydrogens (tertiary/aromatic N) is 1. The fourth-order valence-corrected chi connectivity index (χ4v) is 3.36. The first-order valence-corrected chi connectivity index (χ1v) is 10.9. The van der Waals surface area contributed by atoms with E-state index in [1.165, 1.54) is 13.2 Å². The second-order valence-corrected chi connectivity index (χ2v) is 8.95. The first-order valence-electron chi connectivity index (χ1n) is 8.99. The molecule has 1 N–H and O–H groups in total. The zero-order valence-corrected chi connectivity index (χ0v) is 17.4. The van der Waals surface area contributed by atoms with Crippen molar-refractivity contribution in [3.8, 4) is 0 Å². The van der Waals surface area contributed by atoms with E-state index in [0.717, 1.165) is 5.56 Å². The maximum absolute atomic E-state index is 12.2. The minimum Gasteiger partial charge on any atom is -0.326 e. The summed E-state index contributed by atoms with van der Waals surface area (Å²) in [6, 6.07) is 13.6. The highest BCUT2D eigenvalue weighted by molar-refractivity contribution is 7.90. The number of anilines is 1. The number of amides is 1. The molecule has 2 aromatic carbocycles. The van der Waals surface area contributed by atoms with Crippen molar-refractivity contribution in [1.29, 1.82) is 0 Å². The van der Waals surface area contributed by atoms with Gasteiger partial charge in [-0.3, -0.25) is 14.5 Å². The predicted octanol–water partition coefficient (Wildman–Crippen LogP) is 3.31. The van der Waals surface area contributed by atoms with E-state index < -0.39 is 9.84 Å². The highest BCUT2D eigenvalue weighted by Crippen LogP contribution is 2.21. The van der Waals surface area contributed by atoms with Gasteiger partial charge in [0.25, 0.3) is 0 Å². The topological polar surface area (TPSA) is 83.6 Å². The number of nitrogens with one attached hydrogen (secondary N) is 1. The van der Waals surface area contributed by atoms with E-state index in [2.05, 4.69) is 5.32 Å². The van der Waals surface area contributed by atoms with Crippen molar-refractivity contribution in [2.75, 3.05) is 25.2 Å². The lowest BCUT2D eigenvalue weighted by atomic mass is 10.1. The lowest BCUT2D eigenvalue weighted by molar-refractivity contribution is -0.116. The zero-order valence-electron chi connectivity index (χ0n) is 16.6. The fourth-order valence-electron chi connectivity index (χ4n) is 2.73. The lowest BCUT2D eigenvalue weighted by Gasteiger charge is -2.25. The number of carbonyl (C=O) groups is 2. The third-order valence-corrected chi connectivity index (χ3v) is 5.85. The molecule has 0 bridgehead atoms. The van der Waals surface area contributed by atoms with Gasteiger partial charge in [0.15, 0.2) is 15.6 Å². The van der Waals surface area contributed by atoms with Gasteiger partial charge >= 0.3 is 0 Å². The molecule has 28 heavy (non-hydrogen) atoms. The number of benzene rings is 2. The number of carbonyl (C=O) groups excluding carboxylic acids is 2. The summed E-state index contributed by atoms with van der Waals surface area (Å²) >= 11 is 0. The third kappa shape index (κ3) is 6.00. The molecule has 0 saturated carbocycles. The van der Waals surface area contributed by atoms with E-state index >= 15 is 0 Å². The Morgan fingerprint density at radius 3 is 2.11 bits per heavy atom. The molecule has 1 atom stereocenters. The van der Waals surface area contributed by atoms with Gasteiger partial charge in [-0.15, -0.1) is 0 Å². The normalized spacial score (nSPS) is 12.6. The van der Waals surface area contributed by atoms with E-state index in [1.807, 2.05) is 18.9 Å². The van der Waals surface area contributed by atoms with Crippen molar-refractivity contribution in [1.82, 2.24) is 4.90 Å². The zero-order chi connectivity index (χ0) is 20.9. The highest BCUT2D eigenvalue weighted by Gasteiger charge is 2.14. The Balaban J connectivity index is 1.89. The summed E-state index contributed by atoms with van der Waals surface area (Å²) in [5.74, 6) is -0.125. The Labute approximate surface area is 166 Å². The lowest BCUT2D eigenvalue weighted by Crippen LogP contribution is -2.27. The molecule has 6 nitrogen and oxygen atoms in total. The van der Waals surface area contributed by atoms with Crippen LogP contribution in [0.5, 0.6) is 0 Å². The van der Waals surface area contributed by atoms with Gasteiger partial charge in [0, 0.05) is 36.5 Å². The minimum atomic E-state index is -3.21. The summed E-state index contributed by atoms with van der Waals surface area (Å²) < 4.78 is 23.1. The van der Waals surface area contributed by atoms with Crippen LogP contribution in [0.2, 0.25) is 0 Å². The number of ketones is 1. The Morgan fingerprint density at radius 1 is 1.04 bits per heavy atom. The van der Waals surface area contributed by atoms with E-state index in [0.29, 0.717) is 29.1 Å². The molecule has 0 aliphatic heterocycles. The average Bonchev–Trinajstić information content (AvgIpc) is 2.65. The summed E-state index contributed by atoms with van der Waals surface area (Å²) in [5, 5.41) is 2.82.